The molecule has 2 atom stereocenters. The van der Waals surface area contributed by atoms with Crippen LogP contribution >= 0.6 is 0 Å². The van der Waals surface area contributed by atoms with Crippen LogP contribution in [0.5, 0.6) is 0 Å². The molecule has 0 radical (unpaired) electrons. The topological polar surface area (TPSA) is 0 Å². The summed E-state index contributed by atoms with van der Waals surface area (Å²) in [5.74, 6) is 1.10. The lowest BCUT2D eigenvalue weighted by Crippen LogP contribution is -2.11. The quantitative estimate of drug-likeness (QED) is 0.480. The highest BCUT2D eigenvalue weighted by molar-refractivity contribution is 6.43. The lowest BCUT2D eigenvalue weighted by Gasteiger charge is -2.22. The zero-order chi connectivity index (χ0) is 8.44. The SMILES string of the molecule is CC12BC(CCCCCC1)CC2. The molecular weight excluding hydrogens is 143 g/mol. The van der Waals surface area contributed by atoms with Crippen LogP contribution in [0.15, 0.2) is 0 Å². The highest BCUT2D eigenvalue weighted by Gasteiger charge is 2.35. The monoisotopic (exact) mass is 164 g/mol. The van der Waals surface area contributed by atoms with E-state index in [2.05, 4.69) is 6.92 Å². The molecule has 0 aromatic heterocycles. The van der Waals surface area contributed by atoms with Crippen LogP contribution in [0.3, 0.4) is 0 Å². The van der Waals surface area contributed by atoms with Crippen molar-refractivity contribution in [1.82, 2.24) is 0 Å². The molecule has 68 valence electrons. The van der Waals surface area contributed by atoms with Gasteiger partial charge in [-0.3, -0.25) is 0 Å². The summed E-state index contributed by atoms with van der Waals surface area (Å²) in [5, 5.41) is 0.759. The van der Waals surface area contributed by atoms with E-state index in [4.69, 9.17) is 0 Å². The summed E-state index contributed by atoms with van der Waals surface area (Å²) >= 11 is 0. The minimum atomic E-state index is 0.759. The van der Waals surface area contributed by atoms with Crippen LogP contribution in [-0.2, 0) is 0 Å². The first kappa shape index (κ1) is 8.65. The molecule has 0 N–H and O–H groups in total. The van der Waals surface area contributed by atoms with E-state index in [1.165, 1.54) is 51.4 Å². The maximum atomic E-state index is 2.53. The molecule has 2 heterocycles. The highest BCUT2D eigenvalue weighted by atomic mass is 14.3. The van der Waals surface area contributed by atoms with Crippen LogP contribution in [0.25, 0.3) is 0 Å². The van der Waals surface area contributed by atoms with Gasteiger partial charge >= 0.3 is 0 Å². The van der Waals surface area contributed by atoms with Crippen molar-refractivity contribution < 1.29 is 0 Å². The predicted octanol–water partition coefficient (Wildman–Crippen LogP) is 3.54. The van der Waals surface area contributed by atoms with Gasteiger partial charge in [-0.05, 0) is 0 Å². The lowest BCUT2D eigenvalue weighted by atomic mass is 9.49. The third-order valence-corrected chi connectivity index (χ3v) is 4.08. The van der Waals surface area contributed by atoms with Crippen LogP contribution in [0.1, 0.15) is 58.3 Å². The second-order valence-corrected chi connectivity index (χ2v) is 5.37. The third-order valence-electron chi connectivity index (χ3n) is 4.08. The molecule has 0 saturated carbocycles. The van der Waals surface area contributed by atoms with Gasteiger partial charge in [-0.2, -0.15) is 0 Å². The Balaban J connectivity index is 1.98. The Kier molecular flexibility index (Phi) is 2.48. The van der Waals surface area contributed by atoms with E-state index < -0.39 is 0 Å². The number of fused-ring (bicyclic) bond motifs is 2. The molecule has 2 rings (SSSR count). The fraction of sp³-hybridized carbons (Fsp3) is 1.00. The van der Waals surface area contributed by atoms with Crippen molar-refractivity contribution in [3.63, 3.8) is 0 Å². The minimum absolute atomic E-state index is 0.759. The maximum Gasteiger partial charge on any atom is 0.131 e. The number of rotatable bonds is 0. The summed E-state index contributed by atoms with van der Waals surface area (Å²) in [5.41, 5.74) is 0. The normalized spacial score (nSPS) is 42.6. The van der Waals surface area contributed by atoms with Crippen LogP contribution in [0.4, 0.5) is 0 Å². The summed E-state index contributed by atoms with van der Waals surface area (Å²) in [6.45, 7) is 2.53. The Morgan fingerprint density at radius 2 is 1.83 bits per heavy atom. The Morgan fingerprint density at radius 3 is 2.75 bits per heavy atom. The predicted molar refractivity (Wildman–Crippen MR) is 56.2 cm³/mol. The summed E-state index contributed by atoms with van der Waals surface area (Å²) in [4.78, 5) is 0. The lowest BCUT2D eigenvalue weighted by molar-refractivity contribution is 0.469. The molecule has 2 aliphatic rings. The Bertz CT molecular complexity index is 155. The van der Waals surface area contributed by atoms with Crippen molar-refractivity contribution in [2.45, 2.75) is 69.4 Å². The smallest absolute Gasteiger partial charge is 0.0666 e. The summed E-state index contributed by atoms with van der Waals surface area (Å²) in [6, 6.07) is 0. The first-order valence-electron chi connectivity index (χ1n) is 5.79. The summed E-state index contributed by atoms with van der Waals surface area (Å²) < 4.78 is 0. The van der Waals surface area contributed by atoms with Gasteiger partial charge in [0.1, 0.15) is 7.28 Å². The van der Waals surface area contributed by atoms with Crippen molar-refractivity contribution in [3.8, 4) is 0 Å². The molecule has 0 aromatic rings. The molecule has 1 heteroatoms. The zero-order valence-electron chi connectivity index (χ0n) is 8.44. The Morgan fingerprint density at radius 1 is 1.00 bits per heavy atom. The molecule has 0 amide bonds. The molecule has 2 aliphatic heterocycles. The molecule has 2 unspecified atom stereocenters. The fourth-order valence-corrected chi connectivity index (χ4v) is 3.27. The highest BCUT2D eigenvalue weighted by Crippen LogP contribution is 2.49. The Labute approximate surface area is 77.4 Å². The molecule has 0 aliphatic carbocycles. The van der Waals surface area contributed by atoms with E-state index in [0.29, 0.717) is 0 Å². The van der Waals surface area contributed by atoms with E-state index in [-0.39, 0.29) is 0 Å². The first-order chi connectivity index (χ1) is 5.79. The average Bonchev–Trinajstić information content (AvgIpc) is 2.44. The van der Waals surface area contributed by atoms with E-state index in [9.17, 15) is 0 Å². The number of hydrogen-bond donors (Lipinski definition) is 0. The first-order valence-corrected chi connectivity index (χ1v) is 5.79. The summed E-state index contributed by atoms with van der Waals surface area (Å²) in [7, 11) is 1.55. The third kappa shape index (κ3) is 1.86. The second-order valence-electron chi connectivity index (χ2n) is 5.37. The van der Waals surface area contributed by atoms with Crippen molar-refractivity contribution in [2.24, 2.45) is 0 Å². The molecule has 0 aromatic carbocycles. The Hall–Kier alpha value is 0.0649. The van der Waals surface area contributed by atoms with Crippen LogP contribution in [-0.4, -0.2) is 7.28 Å². The average molecular weight is 164 g/mol. The fourth-order valence-electron chi connectivity index (χ4n) is 3.27. The van der Waals surface area contributed by atoms with Gasteiger partial charge in [0.2, 0.25) is 0 Å². The van der Waals surface area contributed by atoms with Gasteiger partial charge in [-0.1, -0.05) is 69.4 Å². The summed E-state index contributed by atoms with van der Waals surface area (Å²) in [6.07, 6.45) is 12.1. The van der Waals surface area contributed by atoms with E-state index in [1.54, 1.807) is 7.28 Å². The van der Waals surface area contributed by atoms with Gasteiger partial charge in [0, 0.05) is 0 Å². The van der Waals surface area contributed by atoms with Crippen molar-refractivity contribution in [2.75, 3.05) is 0 Å². The van der Waals surface area contributed by atoms with Crippen LogP contribution in [0, 0.1) is 0 Å². The minimum Gasteiger partial charge on any atom is -0.0666 e. The second kappa shape index (κ2) is 3.43. The van der Waals surface area contributed by atoms with Gasteiger partial charge < -0.3 is 0 Å². The molecule has 2 fully saturated rings. The van der Waals surface area contributed by atoms with Crippen LogP contribution < -0.4 is 0 Å². The van der Waals surface area contributed by atoms with Crippen molar-refractivity contribution in [1.29, 1.82) is 0 Å². The maximum absolute atomic E-state index is 2.53. The van der Waals surface area contributed by atoms with Gasteiger partial charge in [-0.15, -0.1) is 0 Å². The molecular formula is C11H21B. The molecule has 2 bridgehead atoms. The molecule has 12 heavy (non-hydrogen) atoms. The van der Waals surface area contributed by atoms with Gasteiger partial charge in [0.25, 0.3) is 0 Å². The van der Waals surface area contributed by atoms with E-state index in [1.807, 2.05) is 0 Å². The van der Waals surface area contributed by atoms with E-state index in [0.717, 1.165) is 11.1 Å². The largest absolute Gasteiger partial charge is 0.131 e. The molecule has 0 spiro atoms. The van der Waals surface area contributed by atoms with Crippen molar-refractivity contribution >= 4 is 7.28 Å². The van der Waals surface area contributed by atoms with Crippen molar-refractivity contribution in [3.05, 3.63) is 0 Å². The van der Waals surface area contributed by atoms with Gasteiger partial charge in [-0.25, -0.2) is 0 Å². The molecule has 0 nitrogen and oxygen atoms in total. The standard InChI is InChI=1S/C11H21B/c1-11-8-5-3-2-4-6-10(12-11)7-9-11/h10,12H,2-9H2,1H3. The van der Waals surface area contributed by atoms with Gasteiger partial charge in [0.15, 0.2) is 0 Å². The van der Waals surface area contributed by atoms with Gasteiger partial charge in [0.05, 0.1) is 0 Å². The van der Waals surface area contributed by atoms with E-state index >= 15 is 0 Å². The zero-order valence-corrected chi connectivity index (χ0v) is 8.44. The molecule has 2 saturated heterocycles. The number of hydrogen-bond acceptors (Lipinski definition) is 0. The van der Waals surface area contributed by atoms with Crippen LogP contribution in [0.2, 0.25) is 11.1 Å².